The first-order valence-electron chi connectivity index (χ1n) is 7.29. The fourth-order valence-electron chi connectivity index (χ4n) is 1.81. The Morgan fingerprint density at radius 1 is 1.33 bits per heavy atom. The molecule has 0 unspecified atom stereocenters. The van der Waals surface area contributed by atoms with Crippen molar-refractivity contribution in [2.45, 2.75) is 33.7 Å². The van der Waals surface area contributed by atoms with Crippen molar-refractivity contribution in [1.29, 1.82) is 0 Å². The van der Waals surface area contributed by atoms with Crippen LogP contribution in [-0.2, 0) is 6.54 Å². The third kappa shape index (κ3) is 6.25. The van der Waals surface area contributed by atoms with Crippen molar-refractivity contribution in [3.05, 3.63) is 39.9 Å². The number of guanidine groups is 1. The van der Waals surface area contributed by atoms with Crippen LogP contribution in [-0.4, -0.2) is 24.0 Å². The number of nitro benzene ring substituents is 1. The van der Waals surface area contributed by atoms with Crippen molar-refractivity contribution < 1.29 is 4.92 Å². The van der Waals surface area contributed by atoms with E-state index in [0.29, 0.717) is 17.4 Å². The maximum Gasteiger partial charge on any atom is 0.274 e. The number of rotatable bonds is 7. The van der Waals surface area contributed by atoms with Gasteiger partial charge in [-0.25, -0.2) is 4.99 Å². The second-order valence-electron chi connectivity index (χ2n) is 5.19. The summed E-state index contributed by atoms with van der Waals surface area (Å²) < 4.78 is 0. The molecule has 21 heavy (non-hydrogen) atoms. The molecule has 1 aromatic rings. The van der Waals surface area contributed by atoms with Crippen molar-refractivity contribution in [3.63, 3.8) is 0 Å². The molecule has 0 fully saturated rings. The first-order valence-corrected chi connectivity index (χ1v) is 7.29. The van der Waals surface area contributed by atoms with E-state index in [1.807, 2.05) is 6.92 Å². The first kappa shape index (κ1) is 16.9. The summed E-state index contributed by atoms with van der Waals surface area (Å²) in [6, 6.07) is 6.69. The molecule has 0 bridgehead atoms. The molecule has 0 heterocycles. The van der Waals surface area contributed by atoms with E-state index in [1.54, 1.807) is 18.2 Å². The Balaban J connectivity index is 2.71. The van der Waals surface area contributed by atoms with Crippen LogP contribution in [0, 0.1) is 16.0 Å². The van der Waals surface area contributed by atoms with Crippen LogP contribution in [0.1, 0.15) is 32.8 Å². The molecule has 0 spiro atoms. The zero-order chi connectivity index (χ0) is 15.7. The van der Waals surface area contributed by atoms with E-state index in [2.05, 4.69) is 29.5 Å². The second kappa shape index (κ2) is 8.94. The topological polar surface area (TPSA) is 79.6 Å². The fraction of sp³-hybridized carbons (Fsp3) is 0.533. The van der Waals surface area contributed by atoms with Crippen molar-refractivity contribution in [3.8, 4) is 0 Å². The van der Waals surface area contributed by atoms with Crippen molar-refractivity contribution in [2.75, 3.05) is 13.1 Å². The smallest absolute Gasteiger partial charge is 0.274 e. The van der Waals surface area contributed by atoms with Crippen LogP contribution >= 0.6 is 0 Å². The molecule has 1 rings (SSSR count). The third-order valence-electron chi connectivity index (χ3n) is 2.95. The van der Waals surface area contributed by atoms with Gasteiger partial charge < -0.3 is 10.6 Å². The van der Waals surface area contributed by atoms with Crippen LogP contribution in [0.2, 0.25) is 0 Å². The highest BCUT2D eigenvalue weighted by atomic mass is 16.6. The van der Waals surface area contributed by atoms with Gasteiger partial charge in [0.2, 0.25) is 0 Å². The molecular weight excluding hydrogens is 268 g/mol. The van der Waals surface area contributed by atoms with Crippen LogP contribution < -0.4 is 10.6 Å². The number of hydrogen-bond acceptors (Lipinski definition) is 3. The van der Waals surface area contributed by atoms with Gasteiger partial charge in [-0.3, -0.25) is 10.1 Å². The van der Waals surface area contributed by atoms with E-state index in [0.717, 1.165) is 19.5 Å². The zero-order valence-electron chi connectivity index (χ0n) is 12.9. The number of nitrogens with zero attached hydrogens (tertiary/aromatic N) is 2. The number of aliphatic imine (C=N–C) groups is 1. The molecule has 0 radical (unpaired) electrons. The summed E-state index contributed by atoms with van der Waals surface area (Å²) in [5.41, 5.74) is 0.725. The van der Waals surface area contributed by atoms with Gasteiger partial charge in [0.15, 0.2) is 5.96 Å². The summed E-state index contributed by atoms with van der Waals surface area (Å²) in [6.45, 7) is 8.20. The summed E-state index contributed by atoms with van der Waals surface area (Å²) in [5.74, 6) is 1.31. The molecule has 0 aliphatic rings. The number of benzene rings is 1. The lowest BCUT2D eigenvalue weighted by Gasteiger charge is -2.12. The minimum atomic E-state index is -0.371. The molecule has 0 saturated heterocycles. The van der Waals surface area contributed by atoms with E-state index in [1.165, 1.54) is 6.07 Å². The summed E-state index contributed by atoms with van der Waals surface area (Å²) in [5, 5.41) is 17.3. The first-order chi connectivity index (χ1) is 10.0. The molecule has 0 aromatic heterocycles. The van der Waals surface area contributed by atoms with Gasteiger partial charge in [0.25, 0.3) is 5.69 Å². The lowest BCUT2D eigenvalue weighted by atomic mass is 10.1. The van der Waals surface area contributed by atoms with Crippen LogP contribution in [0.5, 0.6) is 0 Å². The van der Waals surface area contributed by atoms with Gasteiger partial charge in [-0.1, -0.05) is 32.0 Å². The van der Waals surface area contributed by atoms with Gasteiger partial charge in [0.05, 0.1) is 17.0 Å². The van der Waals surface area contributed by atoms with Crippen LogP contribution in [0.3, 0.4) is 0 Å². The number of nitro groups is 1. The van der Waals surface area contributed by atoms with Crippen molar-refractivity contribution in [1.82, 2.24) is 10.6 Å². The summed E-state index contributed by atoms with van der Waals surface area (Å²) in [7, 11) is 0. The molecule has 0 amide bonds. The molecular formula is C15H24N4O2. The van der Waals surface area contributed by atoms with Gasteiger partial charge >= 0.3 is 0 Å². The molecule has 6 heteroatoms. The predicted octanol–water partition coefficient (Wildman–Crippen LogP) is 2.70. The Kier molecular flexibility index (Phi) is 7.21. The van der Waals surface area contributed by atoms with Gasteiger partial charge in [-0.15, -0.1) is 0 Å². The number of hydrogen-bond donors (Lipinski definition) is 2. The maximum atomic E-state index is 11.0. The van der Waals surface area contributed by atoms with Crippen LogP contribution in [0.4, 0.5) is 5.69 Å². The lowest BCUT2D eigenvalue weighted by Crippen LogP contribution is -2.38. The Bertz CT molecular complexity index is 486. The quantitative estimate of drug-likeness (QED) is 0.350. The van der Waals surface area contributed by atoms with Gasteiger partial charge in [-0.2, -0.15) is 0 Å². The Labute approximate surface area is 125 Å². The van der Waals surface area contributed by atoms with E-state index >= 15 is 0 Å². The molecule has 0 saturated carbocycles. The predicted molar refractivity (Wildman–Crippen MR) is 85.4 cm³/mol. The maximum absolute atomic E-state index is 11.0. The van der Waals surface area contributed by atoms with Crippen molar-refractivity contribution in [2.24, 2.45) is 10.9 Å². The average Bonchev–Trinajstić information content (AvgIpc) is 2.44. The highest BCUT2D eigenvalue weighted by Crippen LogP contribution is 2.18. The second-order valence-corrected chi connectivity index (χ2v) is 5.19. The minimum Gasteiger partial charge on any atom is -0.357 e. The molecule has 0 aliphatic heterocycles. The SMILES string of the molecule is CCNC(=NCc1ccccc1[N+](=O)[O-])NCCC(C)C. The minimum absolute atomic E-state index is 0.110. The third-order valence-corrected chi connectivity index (χ3v) is 2.95. The number of nitrogens with one attached hydrogen (secondary N) is 2. The molecule has 1 aromatic carbocycles. The normalized spacial score (nSPS) is 11.5. The highest BCUT2D eigenvalue weighted by molar-refractivity contribution is 5.79. The molecule has 0 aliphatic carbocycles. The Morgan fingerprint density at radius 3 is 2.67 bits per heavy atom. The summed E-state index contributed by atoms with van der Waals surface area (Å²) in [6.07, 6.45) is 1.05. The van der Waals surface area contributed by atoms with Crippen molar-refractivity contribution >= 4 is 11.6 Å². The Morgan fingerprint density at radius 2 is 2.05 bits per heavy atom. The average molecular weight is 292 g/mol. The van der Waals surface area contributed by atoms with Gasteiger partial charge in [0.1, 0.15) is 0 Å². The molecule has 116 valence electrons. The highest BCUT2D eigenvalue weighted by Gasteiger charge is 2.11. The van der Waals surface area contributed by atoms with Gasteiger partial charge in [0, 0.05) is 19.2 Å². The molecule has 6 nitrogen and oxygen atoms in total. The number of para-hydroxylation sites is 1. The van der Waals surface area contributed by atoms with Crippen LogP contribution in [0.15, 0.2) is 29.3 Å². The largest absolute Gasteiger partial charge is 0.357 e. The monoisotopic (exact) mass is 292 g/mol. The summed E-state index contributed by atoms with van der Waals surface area (Å²) in [4.78, 5) is 15.0. The van der Waals surface area contributed by atoms with Gasteiger partial charge in [-0.05, 0) is 19.3 Å². The fourth-order valence-corrected chi connectivity index (χ4v) is 1.81. The van der Waals surface area contributed by atoms with E-state index in [-0.39, 0.29) is 17.2 Å². The van der Waals surface area contributed by atoms with Crippen LogP contribution in [0.25, 0.3) is 0 Å². The van der Waals surface area contributed by atoms with E-state index < -0.39 is 0 Å². The summed E-state index contributed by atoms with van der Waals surface area (Å²) >= 11 is 0. The Hall–Kier alpha value is -2.11. The van der Waals surface area contributed by atoms with E-state index in [9.17, 15) is 10.1 Å². The standard InChI is InChI=1S/C15H24N4O2/c1-4-16-15(17-10-9-12(2)3)18-11-13-7-5-6-8-14(13)19(20)21/h5-8,12H,4,9-11H2,1-3H3,(H2,16,17,18). The molecule has 2 N–H and O–H groups in total. The molecule has 0 atom stereocenters. The zero-order valence-corrected chi connectivity index (χ0v) is 12.9. The van der Waals surface area contributed by atoms with E-state index in [4.69, 9.17) is 0 Å². The lowest BCUT2D eigenvalue weighted by molar-refractivity contribution is -0.385.